The van der Waals surface area contributed by atoms with Gasteiger partial charge >= 0.3 is 5.97 Å². The number of rotatable bonds is 7. The van der Waals surface area contributed by atoms with Gasteiger partial charge in [-0.15, -0.1) is 5.10 Å². The highest BCUT2D eigenvalue weighted by molar-refractivity contribution is 7.89. The summed E-state index contributed by atoms with van der Waals surface area (Å²) < 4.78 is 41.1. The molecule has 0 saturated carbocycles. The maximum absolute atomic E-state index is 13.5. The topological polar surface area (TPSA) is 117 Å². The average Bonchev–Trinajstić information content (AvgIpc) is 3.24. The molecule has 3 heterocycles. The molecule has 0 aliphatic carbocycles. The van der Waals surface area contributed by atoms with Gasteiger partial charge in [-0.25, -0.2) is 13.1 Å². The van der Waals surface area contributed by atoms with Crippen LogP contribution in [0.4, 0.5) is 0 Å². The van der Waals surface area contributed by atoms with E-state index in [1.165, 1.54) is 16.7 Å². The summed E-state index contributed by atoms with van der Waals surface area (Å²) in [5, 5.41) is 8.47. The van der Waals surface area contributed by atoms with E-state index in [4.69, 9.17) is 9.47 Å². The fraction of sp³-hybridized carbons (Fsp3) is 0.357. The Balaban J connectivity index is 1.55. The summed E-state index contributed by atoms with van der Waals surface area (Å²) in [6, 6.07) is 11.5. The molecule has 0 saturated heterocycles. The van der Waals surface area contributed by atoms with Gasteiger partial charge in [-0.1, -0.05) is 29.5 Å². The summed E-state index contributed by atoms with van der Waals surface area (Å²) in [6.45, 7) is 6.60. The van der Waals surface area contributed by atoms with Gasteiger partial charge in [-0.2, -0.15) is 4.31 Å². The molecule has 10 nitrogen and oxygen atoms in total. The first kappa shape index (κ1) is 26.8. The zero-order valence-electron chi connectivity index (χ0n) is 22.4. The second-order valence-corrected chi connectivity index (χ2v) is 11.5. The Kier molecular flexibility index (Phi) is 7.37. The minimum absolute atomic E-state index is 0.0596. The Hall–Kier alpha value is -3.83. The van der Waals surface area contributed by atoms with Crippen LogP contribution in [0.3, 0.4) is 0 Å². The number of carbonyl (C=O) groups excluding carboxylic acids is 1. The van der Waals surface area contributed by atoms with Crippen LogP contribution in [-0.2, 0) is 33.1 Å². The normalized spacial score (nSPS) is 15.8. The third kappa shape index (κ3) is 5.11. The average molecular weight is 550 g/mol. The lowest BCUT2D eigenvalue weighted by molar-refractivity contribution is -0.143. The molecule has 39 heavy (non-hydrogen) atoms. The van der Waals surface area contributed by atoms with Gasteiger partial charge in [0.25, 0.3) is 0 Å². The smallest absolute Gasteiger partial charge is 0.306 e. The van der Waals surface area contributed by atoms with Crippen molar-refractivity contribution < 1.29 is 22.7 Å². The van der Waals surface area contributed by atoms with Gasteiger partial charge in [-0.3, -0.25) is 9.78 Å². The van der Waals surface area contributed by atoms with Gasteiger partial charge in [-0.05, 0) is 60.7 Å². The second kappa shape index (κ2) is 10.7. The van der Waals surface area contributed by atoms with Crippen molar-refractivity contribution >= 4 is 27.0 Å². The Morgan fingerprint density at radius 1 is 1.18 bits per heavy atom. The lowest BCUT2D eigenvalue weighted by Crippen LogP contribution is -2.32. The summed E-state index contributed by atoms with van der Waals surface area (Å²) in [7, 11) is -1.98. The van der Waals surface area contributed by atoms with Gasteiger partial charge < -0.3 is 9.47 Å². The fourth-order valence-electron chi connectivity index (χ4n) is 5.05. The van der Waals surface area contributed by atoms with E-state index in [9.17, 15) is 13.2 Å². The summed E-state index contributed by atoms with van der Waals surface area (Å²) in [5.74, 6) is -0.314. The first-order chi connectivity index (χ1) is 18.7. The van der Waals surface area contributed by atoms with E-state index >= 15 is 0 Å². The number of carbonyl (C=O) groups is 1. The second-order valence-electron chi connectivity index (χ2n) is 9.62. The molecule has 11 heteroatoms. The van der Waals surface area contributed by atoms with E-state index in [1.54, 1.807) is 17.7 Å². The molecule has 5 rings (SSSR count). The zero-order chi connectivity index (χ0) is 27.7. The minimum atomic E-state index is -3.82. The molecule has 0 N–H and O–H groups in total. The lowest BCUT2D eigenvalue weighted by atomic mass is 9.84. The monoisotopic (exact) mass is 549 g/mol. The largest absolute Gasteiger partial charge is 0.491 e. The summed E-state index contributed by atoms with van der Waals surface area (Å²) in [6.07, 6.45) is 2.98. The molecule has 0 spiro atoms. The van der Waals surface area contributed by atoms with Crippen LogP contribution in [0.5, 0.6) is 5.75 Å². The Morgan fingerprint density at radius 3 is 2.79 bits per heavy atom. The number of aryl methyl sites for hydroxylation is 3. The number of nitrogens with zero attached hydrogens (tertiary/aromatic N) is 5. The predicted octanol–water partition coefficient (Wildman–Crippen LogP) is 3.65. The van der Waals surface area contributed by atoms with E-state index in [2.05, 4.69) is 15.3 Å². The van der Waals surface area contributed by atoms with Crippen molar-refractivity contribution in [3.63, 3.8) is 0 Å². The Labute approximate surface area is 227 Å². The molecule has 1 aliphatic heterocycles. The number of fused-ring (bicyclic) bond motifs is 2. The van der Waals surface area contributed by atoms with Gasteiger partial charge in [0.2, 0.25) is 10.0 Å². The van der Waals surface area contributed by atoms with Crippen molar-refractivity contribution in [1.82, 2.24) is 24.3 Å². The highest BCUT2D eigenvalue weighted by atomic mass is 32.2. The van der Waals surface area contributed by atoms with Crippen molar-refractivity contribution in [2.45, 2.75) is 44.6 Å². The number of hydrogen-bond acceptors (Lipinski definition) is 8. The Morgan fingerprint density at radius 2 is 2.00 bits per heavy atom. The van der Waals surface area contributed by atoms with E-state index < -0.39 is 10.0 Å². The van der Waals surface area contributed by atoms with Crippen LogP contribution >= 0.6 is 0 Å². The Bertz CT molecular complexity index is 1650. The van der Waals surface area contributed by atoms with E-state index in [0.717, 1.165) is 38.9 Å². The fourth-order valence-corrected chi connectivity index (χ4v) is 6.53. The summed E-state index contributed by atoms with van der Waals surface area (Å²) >= 11 is 0. The van der Waals surface area contributed by atoms with Gasteiger partial charge in [0.15, 0.2) is 0 Å². The highest BCUT2D eigenvalue weighted by Gasteiger charge is 2.32. The number of ether oxygens (including phenoxy) is 2. The summed E-state index contributed by atoms with van der Waals surface area (Å²) in [5.41, 5.74) is 6.24. The zero-order valence-corrected chi connectivity index (χ0v) is 23.2. The van der Waals surface area contributed by atoms with Crippen molar-refractivity contribution in [2.75, 3.05) is 19.8 Å². The van der Waals surface area contributed by atoms with Crippen molar-refractivity contribution in [3.8, 4) is 5.75 Å². The van der Waals surface area contributed by atoms with Crippen molar-refractivity contribution in [1.29, 1.82) is 0 Å². The maximum Gasteiger partial charge on any atom is 0.306 e. The molecule has 0 bridgehead atoms. The maximum atomic E-state index is 13.5. The van der Waals surface area contributed by atoms with Crippen LogP contribution in [0, 0.1) is 13.8 Å². The first-order valence-electron chi connectivity index (χ1n) is 12.8. The van der Waals surface area contributed by atoms with Gasteiger partial charge in [0.05, 0.1) is 24.7 Å². The molecule has 4 aromatic rings. The number of sulfonamides is 1. The lowest BCUT2D eigenvalue weighted by Gasteiger charge is -2.23. The molecular formula is C28H31N5O5S. The van der Waals surface area contributed by atoms with Gasteiger partial charge in [0.1, 0.15) is 22.8 Å². The predicted molar refractivity (Wildman–Crippen MR) is 145 cm³/mol. The number of aromatic nitrogens is 4. The van der Waals surface area contributed by atoms with E-state index in [-0.39, 0.29) is 49.5 Å². The van der Waals surface area contributed by atoms with Crippen LogP contribution < -0.4 is 4.74 Å². The number of hydrogen-bond donors (Lipinski definition) is 0. The molecule has 1 unspecified atom stereocenters. The molecule has 1 atom stereocenters. The molecular weight excluding hydrogens is 518 g/mol. The SMILES string of the molecule is CCOC(=O)CC(c1ccc(C)c(CN2CCOc3ccncc3S2(=O)=O)c1)c1ccc2c(nnn2C)c1C. The molecule has 1 aliphatic rings. The van der Waals surface area contributed by atoms with Crippen molar-refractivity contribution in [3.05, 3.63) is 76.6 Å². The molecule has 0 fully saturated rings. The van der Waals surface area contributed by atoms with E-state index in [0.29, 0.717) is 5.75 Å². The molecule has 2 aromatic heterocycles. The van der Waals surface area contributed by atoms with Crippen LogP contribution in [-0.4, -0.2) is 58.4 Å². The third-order valence-corrected chi connectivity index (χ3v) is 9.07. The van der Waals surface area contributed by atoms with E-state index in [1.807, 2.05) is 51.2 Å². The molecule has 204 valence electrons. The standard InChI is InChI=1S/C28H31N5O5S/c1-5-37-27(34)15-23(22-8-9-24-28(19(22)3)30-31-32(24)4)20-7-6-18(2)21(14-20)17-33-12-13-38-25-10-11-29-16-26(25)39(33,35)36/h6-11,14,16,23H,5,12-13,15,17H2,1-4H3. The number of pyridine rings is 1. The quantitative estimate of drug-likeness (QED) is 0.321. The van der Waals surface area contributed by atoms with Crippen LogP contribution in [0.25, 0.3) is 11.0 Å². The van der Waals surface area contributed by atoms with Gasteiger partial charge in [0, 0.05) is 32.3 Å². The minimum Gasteiger partial charge on any atom is -0.491 e. The number of esters is 1. The highest BCUT2D eigenvalue weighted by Crippen LogP contribution is 2.35. The van der Waals surface area contributed by atoms with Crippen LogP contribution in [0.2, 0.25) is 0 Å². The molecule has 2 aromatic carbocycles. The van der Waals surface area contributed by atoms with Crippen LogP contribution in [0.1, 0.15) is 47.1 Å². The van der Waals surface area contributed by atoms with Crippen molar-refractivity contribution in [2.24, 2.45) is 7.05 Å². The number of benzene rings is 2. The molecule has 0 radical (unpaired) electrons. The first-order valence-corrected chi connectivity index (χ1v) is 14.3. The van der Waals surface area contributed by atoms with Crippen LogP contribution in [0.15, 0.2) is 53.7 Å². The third-order valence-electron chi connectivity index (χ3n) is 7.22. The summed E-state index contributed by atoms with van der Waals surface area (Å²) in [4.78, 5) is 16.8. The molecule has 0 amide bonds.